The van der Waals surface area contributed by atoms with Gasteiger partial charge in [-0.2, -0.15) is 0 Å². The van der Waals surface area contributed by atoms with Gasteiger partial charge < -0.3 is 0 Å². The normalized spacial score (nSPS) is 21.4. The highest BCUT2D eigenvalue weighted by molar-refractivity contribution is 5.84. The van der Waals surface area contributed by atoms with Crippen LogP contribution in [0.3, 0.4) is 0 Å². The fraction of sp³-hybridized carbons (Fsp3) is 0.444. The summed E-state index contributed by atoms with van der Waals surface area (Å²) in [6.07, 6.45) is 6.56. The number of imidazole rings is 1. The lowest BCUT2D eigenvalue weighted by atomic mass is 9.91. The van der Waals surface area contributed by atoms with E-state index in [-0.39, 0.29) is 18.2 Å². The zero-order valence-electron chi connectivity index (χ0n) is 14.1. The molecule has 1 fully saturated rings. The number of aryl methyl sites for hydroxylation is 1. The molecule has 2 aliphatic heterocycles. The van der Waals surface area contributed by atoms with Crippen molar-refractivity contribution >= 4 is 29.4 Å². The van der Waals surface area contributed by atoms with E-state index in [0.717, 1.165) is 29.4 Å². The predicted octanol–water partition coefficient (Wildman–Crippen LogP) is 1.07. The maximum Gasteiger partial charge on any atom is 0.455 e. The van der Waals surface area contributed by atoms with Gasteiger partial charge in [-0.15, -0.1) is 4.67 Å². The van der Waals surface area contributed by atoms with Crippen molar-refractivity contribution in [3.63, 3.8) is 0 Å². The second-order valence-electron chi connectivity index (χ2n) is 6.71. The predicted molar refractivity (Wildman–Crippen MR) is 95.2 cm³/mol. The summed E-state index contributed by atoms with van der Waals surface area (Å²) in [5, 5.41) is 0. The highest BCUT2D eigenvalue weighted by Crippen LogP contribution is 2.31. The standard InChI is InChI=1S/C18H20N4O3/c1-20-16-13(12-7-9-19-10-8-12)4-2-5-14(16)22(18(20)24)15-6-3-11-21(25)17(15)23/h2,4-5,9-10,12,15H,3,6-8,11H2,1H3/q+2. The van der Waals surface area contributed by atoms with Crippen molar-refractivity contribution in [2.75, 3.05) is 6.54 Å². The third-order valence-corrected chi connectivity index (χ3v) is 5.25. The number of carbonyl (C=O) groups is 1. The average molecular weight is 340 g/mol. The van der Waals surface area contributed by atoms with Gasteiger partial charge in [0, 0.05) is 24.3 Å². The third-order valence-electron chi connectivity index (χ3n) is 5.25. The van der Waals surface area contributed by atoms with Gasteiger partial charge in [-0.3, -0.25) is 9.13 Å². The van der Waals surface area contributed by atoms with Gasteiger partial charge in [0.05, 0.1) is 28.6 Å². The van der Waals surface area contributed by atoms with Gasteiger partial charge >= 0.3 is 11.6 Å². The second kappa shape index (κ2) is 5.93. The number of fused-ring (bicyclic) bond motifs is 1. The van der Waals surface area contributed by atoms with E-state index >= 15 is 0 Å². The van der Waals surface area contributed by atoms with Gasteiger partial charge in [-0.1, -0.05) is 12.1 Å². The van der Waals surface area contributed by atoms with Crippen molar-refractivity contribution in [1.82, 2.24) is 13.8 Å². The summed E-state index contributed by atoms with van der Waals surface area (Å²) in [5.41, 5.74) is 2.41. The summed E-state index contributed by atoms with van der Waals surface area (Å²) in [4.78, 5) is 37.0. The summed E-state index contributed by atoms with van der Waals surface area (Å²) in [6.45, 7) is 0.206. The van der Waals surface area contributed by atoms with Crippen LogP contribution in [0.15, 0.2) is 23.0 Å². The SMILES string of the molecule is Cn1c(=O)n(C2CCC[N+](=O)C2=O)c2cccc(C3CC=[N+]=CC3)c21. The number of rotatable bonds is 2. The van der Waals surface area contributed by atoms with Gasteiger partial charge in [0.25, 0.3) is 12.4 Å². The van der Waals surface area contributed by atoms with Crippen LogP contribution in [0, 0.1) is 4.91 Å². The van der Waals surface area contributed by atoms with Crippen LogP contribution in [-0.2, 0) is 11.8 Å². The lowest BCUT2D eigenvalue weighted by Crippen LogP contribution is -2.38. The Kier molecular flexibility index (Phi) is 3.73. The van der Waals surface area contributed by atoms with E-state index in [0.29, 0.717) is 17.6 Å². The zero-order chi connectivity index (χ0) is 17.6. The van der Waals surface area contributed by atoms with Crippen molar-refractivity contribution < 1.29 is 9.55 Å². The molecule has 3 heterocycles. The van der Waals surface area contributed by atoms with Gasteiger partial charge in [0.1, 0.15) is 0 Å². The van der Waals surface area contributed by atoms with Crippen molar-refractivity contribution in [2.45, 2.75) is 37.6 Å². The zero-order valence-corrected chi connectivity index (χ0v) is 14.1. The Hall–Kier alpha value is -2.79. The lowest BCUT2D eigenvalue weighted by molar-refractivity contribution is -0.480. The van der Waals surface area contributed by atoms with E-state index in [1.165, 1.54) is 4.57 Å². The van der Waals surface area contributed by atoms with Gasteiger partial charge in [0.2, 0.25) is 6.54 Å². The Labute approximate surface area is 143 Å². The highest BCUT2D eigenvalue weighted by atomic mass is 16.3. The summed E-state index contributed by atoms with van der Waals surface area (Å²) in [6, 6.07) is 5.10. The Morgan fingerprint density at radius 1 is 1.20 bits per heavy atom. The number of amides is 1. The number of hydrogen-bond donors (Lipinski definition) is 0. The molecule has 0 spiro atoms. The molecule has 128 valence electrons. The number of aromatic nitrogens is 2. The summed E-state index contributed by atoms with van der Waals surface area (Å²) < 4.78 is 7.75. The van der Waals surface area contributed by atoms with Crippen LogP contribution in [-0.4, -0.2) is 38.8 Å². The molecular formula is C18H20N4O3+2. The maximum absolute atomic E-state index is 12.9. The molecule has 7 nitrogen and oxygen atoms in total. The summed E-state index contributed by atoms with van der Waals surface area (Å²) >= 11 is 0. The van der Waals surface area contributed by atoms with Crippen molar-refractivity contribution in [3.8, 4) is 0 Å². The minimum absolute atomic E-state index is 0.206. The Bertz CT molecular complexity index is 997. The number of para-hydroxylation sites is 1. The Balaban J connectivity index is 1.91. The second-order valence-corrected chi connectivity index (χ2v) is 6.71. The minimum atomic E-state index is -0.711. The number of piperidine rings is 1. The fourth-order valence-electron chi connectivity index (χ4n) is 3.97. The fourth-order valence-corrected chi connectivity index (χ4v) is 3.97. The molecule has 25 heavy (non-hydrogen) atoms. The number of nitrogens with zero attached hydrogens (tertiary/aromatic N) is 4. The highest BCUT2D eigenvalue weighted by Gasteiger charge is 2.40. The molecule has 1 amide bonds. The quantitative estimate of drug-likeness (QED) is 0.606. The number of hydrogen-bond acceptors (Lipinski definition) is 3. The molecule has 2 aromatic rings. The van der Waals surface area contributed by atoms with Gasteiger partial charge in [-0.25, -0.2) is 9.59 Å². The van der Waals surface area contributed by atoms with Crippen LogP contribution < -0.4 is 10.4 Å². The first-order valence-corrected chi connectivity index (χ1v) is 8.61. The molecule has 0 bridgehead atoms. The molecule has 4 rings (SSSR count). The van der Waals surface area contributed by atoms with Crippen LogP contribution in [0.4, 0.5) is 0 Å². The molecule has 0 N–H and O–H groups in total. The topological polar surface area (TPSA) is 78.2 Å². The first-order chi connectivity index (χ1) is 12.1. The molecule has 1 saturated heterocycles. The van der Waals surface area contributed by atoms with Crippen LogP contribution in [0.1, 0.15) is 43.2 Å². The number of benzene rings is 1. The van der Waals surface area contributed by atoms with Crippen LogP contribution in [0.25, 0.3) is 11.0 Å². The largest absolute Gasteiger partial charge is 0.455 e. The first-order valence-electron chi connectivity index (χ1n) is 8.61. The van der Waals surface area contributed by atoms with E-state index < -0.39 is 11.9 Å². The van der Waals surface area contributed by atoms with Crippen LogP contribution in [0.2, 0.25) is 0 Å². The molecule has 7 heteroatoms. The first kappa shape index (κ1) is 15.7. The van der Waals surface area contributed by atoms with E-state index in [4.69, 9.17) is 0 Å². The van der Waals surface area contributed by atoms with Gasteiger partial charge in [-0.05, 0) is 18.1 Å². The third kappa shape index (κ3) is 2.39. The smallest absolute Gasteiger partial charge is 0.295 e. The molecule has 0 aliphatic carbocycles. The molecule has 2 aliphatic rings. The molecule has 1 aromatic carbocycles. The Morgan fingerprint density at radius 2 is 1.96 bits per heavy atom. The maximum atomic E-state index is 12.9. The Morgan fingerprint density at radius 3 is 2.72 bits per heavy atom. The molecule has 1 aromatic heterocycles. The monoisotopic (exact) mass is 340 g/mol. The number of carbonyl (C=O) groups excluding carboxylic acids is 1. The van der Waals surface area contributed by atoms with E-state index in [1.54, 1.807) is 11.6 Å². The molecular weight excluding hydrogens is 320 g/mol. The van der Waals surface area contributed by atoms with E-state index in [2.05, 4.69) is 4.67 Å². The van der Waals surface area contributed by atoms with Gasteiger partial charge in [0.15, 0.2) is 6.04 Å². The lowest BCUT2D eigenvalue weighted by Gasteiger charge is -2.16. The summed E-state index contributed by atoms with van der Waals surface area (Å²) in [5.74, 6) is -0.259. The van der Waals surface area contributed by atoms with Crippen molar-refractivity contribution in [1.29, 1.82) is 0 Å². The molecule has 0 saturated carbocycles. The minimum Gasteiger partial charge on any atom is -0.295 e. The van der Waals surface area contributed by atoms with E-state index in [1.807, 2.05) is 30.6 Å². The van der Waals surface area contributed by atoms with Crippen molar-refractivity contribution in [2.24, 2.45) is 7.05 Å². The summed E-state index contributed by atoms with van der Waals surface area (Å²) in [7, 11) is 1.73. The molecule has 1 unspecified atom stereocenters. The molecule has 0 radical (unpaired) electrons. The molecule has 1 atom stereocenters. The van der Waals surface area contributed by atoms with E-state index in [9.17, 15) is 14.5 Å². The average Bonchev–Trinajstić information content (AvgIpc) is 2.89. The number of nitroso groups, excluding NO2 is 1. The van der Waals surface area contributed by atoms with Crippen LogP contribution in [0.5, 0.6) is 0 Å². The van der Waals surface area contributed by atoms with Crippen LogP contribution >= 0.6 is 0 Å². The van der Waals surface area contributed by atoms with Crippen molar-refractivity contribution in [3.05, 3.63) is 39.2 Å².